The minimum Gasteiger partial charge on any atom is -0.277 e. The Bertz CT molecular complexity index is 1340. The molecule has 4 aromatic rings. The third-order valence-electron chi connectivity index (χ3n) is 4.78. The standard InChI is InChI=1S/C22H17F3N4O2S/c23-22(24,25)18-5-2-6-19(12-18)32(30,31)28-13-15-3-1-4-17(11-15)21-20(14-27-29-21)16-7-9-26-10-8-16/h1-12,14,28H,13H2,(H,27,29). The van der Waals surface area contributed by atoms with Crippen LogP contribution in [0.3, 0.4) is 0 Å². The van der Waals surface area contributed by atoms with Crippen molar-refractivity contribution in [2.75, 3.05) is 0 Å². The Morgan fingerprint density at radius 1 is 0.938 bits per heavy atom. The molecule has 0 amide bonds. The number of nitrogens with zero attached hydrogens (tertiary/aromatic N) is 2. The fraction of sp³-hybridized carbons (Fsp3) is 0.0909. The summed E-state index contributed by atoms with van der Waals surface area (Å²) >= 11 is 0. The zero-order valence-electron chi connectivity index (χ0n) is 16.5. The number of pyridine rings is 1. The van der Waals surface area contributed by atoms with Crippen molar-refractivity contribution in [1.29, 1.82) is 0 Å². The Hall–Kier alpha value is -3.50. The van der Waals surface area contributed by atoms with Crippen LogP contribution in [0.2, 0.25) is 0 Å². The molecule has 32 heavy (non-hydrogen) atoms. The van der Waals surface area contributed by atoms with E-state index in [1.165, 1.54) is 0 Å². The van der Waals surface area contributed by atoms with Crippen molar-refractivity contribution in [3.63, 3.8) is 0 Å². The summed E-state index contributed by atoms with van der Waals surface area (Å²) in [4.78, 5) is 3.56. The molecule has 2 aromatic heterocycles. The predicted molar refractivity (Wildman–Crippen MR) is 113 cm³/mol. The lowest BCUT2D eigenvalue weighted by Crippen LogP contribution is -2.23. The molecule has 0 radical (unpaired) electrons. The lowest BCUT2D eigenvalue weighted by molar-refractivity contribution is -0.137. The van der Waals surface area contributed by atoms with E-state index in [9.17, 15) is 21.6 Å². The summed E-state index contributed by atoms with van der Waals surface area (Å²) in [7, 11) is -4.14. The Kier molecular flexibility index (Phi) is 5.81. The lowest BCUT2D eigenvalue weighted by atomic mass is 10.0. The summed E-state index contributed by atoms with van der Waals surface area (Å²) in [5, 5.41) is 7.06. The van der Waals surface area contributed by atoms with Gasteiger partial charge < -0.3 is 0 Å². The summed E-state index contributed by atoms with van der Waals surface area (Å²) < 4.78 is 66.2. The second kappa shape index (κ2) is 8.56. The van der Waals surface area contributed by atoms with Crippen LogP contribution in [0.15, 0.2) is 84.1 Å². The van der Waals surface area contributed by atoms with Gasteiger partial charge >= 0.3 is 6.18 Å². The number of hydrogen-bond acceptors (Lipinski definition) is 4. The average molecular weight is 458 g/mol. The first-order chi connectivity index (χ1) is 15.2. The van der Waals surface area contributed by atoms with Crippen LogP contribution in [0.1, 0.15) is 11.1 Å². The number of aromatic nitrogens is 3. The number of H-pyrrole nitrogens is 1. The Morgan fingerprint density at radius 3 is 2.44 bits per heavy atom. The van der Waals surface area contributed by atoms with E-state index in [1.807, 2.05) is 18.2 Å². The maximum atomic E-state index is 12.9. The van der Waals surface area contributed by atoms with Crippen LogP contribution in [0.4, 0.5) is 13.2 Å². The number of aromatic amines is 1. The molecule has 0 saturated heterocycles. The van der Waals surface area contributed by atoms with Gasteiger partial charge in [0.05, 0.1) is 22.3 Å². The van der Waals surface area contributed by atoms with E-state index in [0.717, 1.165) is 40.6 Å². The van der Waals surface area contributed by atoms with E-state index in [0.29, 0.717) is 11.6 Å². The zero-order chi connectivity index (χ0) is 22.8. The van der Waals surface area contributed by atoms with Gasteiger partial charge in [0.1, 0.15) is 0 Å². The first-order valence-electron chi connectivity index (χ1n) is 9.44. The molecule has 0 unspecified atom stereocenters. The highest BCUT2D eigenvalue weighted by Crippen LogP contribution is 2.31. The average Bonchev–Trinajstić information content (AvgIpc) is 3.28. The van der Waals surface area contributed by atoms with Crippen molar-refractivity contribution in [2.45, 2.75) is 17.6 Å². The third kappa shape index (κ3) is 4.71. The molecule has 0 atom stereocenters. The molecule has 0 aliphatic rings. The summed E-state index contributed by atoms with van der Waals surface area (Å²) in [6.07, 6.45) is 0.403. The van der Waals surface area contributed by atoms with Crippen molar-refractivity contribution in [1.82, 2.24) is 19.9 Å². The van der Waals surface area contributed by atoms with Gasteiger partial charge in [0.15, 0.2) is 0 Å². The normalized spacial score (nSPS) is 12.1. The maximum absolute atomic E-state index is 12.9. The van der Waals surface area contributed by atoms with Gasteiger partial charge in [-0.25, -0.2) is 13.1 Å². The molecule has 0 spiro atoms. The molecule has 0 aliphatic carbocycles. The Morgan fingerprint density at radius 2 is 1.69 bits per heavy atom. The van der Waals surface area contributed by atoms with Gasteiger partial charge in [-0.2, -0.15) is 18.3 Å². The second-order valence-electron chi connectivity index (χ2n) is 6.95. The topological polar surface area (TPSA) is 87.7 Å². The minimum absolute atomic E-state index is 0.0921. The molecule has 4 rings (SSSR count). The van der Waals surface area contributed by atoms with Crippen LogP contribution in [-0.2, 0) is 22.7 Å². The van der Waals surface area contributed by atoms with Crippen LogP contribution in [-0.4, -0.2) is 23.6 Å². The summed E-state index contributed by atoms with van der Waals surface area (Å²) in [6.45, 7) is -0.0921. The third-order valence-corrected chi connectivity index (χ3v) is 6.18. The van der Waals surface area contributed by atoms with Gasteiger partial charge in [0.2, 0.25) is 10.0 Å². The van der Waals surface area contributed by atoms with Crippen molar-refractivity contribution in [3.8, 4) is 22.4 Å². The van der Waals surface area contributed by atoms with E-state index in [-0.39, 0.29) is 6.54 Å². The smallest absolute Gasteiger partial charge is 0.277 e. The van der Waals surface area contributed by atoms with E-state index < -0.39 is 26.7 Å². The summed E-state index contributed by atoms with van der Waals surface area (Å²) in [6, 6.07) is 14.5. The molecule has 0 fully saturated rings. The van der Waals surface area contributed by atoms with Gasteiger partial charge in [-0.05, 0) is 47.5 Å². The number of alkyl halides is 3. The molecule has 2 aromatic carbocycles. The fourth-order valence-corrected chi connectivity index (χ4v) is 4.26. The van der Waals surface area contributed by atoms with Crippen molar-refractivity contribution >= 4 is 10.0 Å². The van der Waals surface area contributed by atoms with Crippen LogP contribution >= 0.6 is 0 Å². The minimum atomic E-state index is -4.63. The molecule has 0 saturated carbocycles. The van der Waals surface area contributed by atoms with Gasteiger partial charge in [-0.3, -0.25) is 10.1 Å². The van der Waals surface area contributed by atoms with E-state index in [2.05, 4.69) is 19.9 Å². The first kappa shape index (κ1) is 21.7. The molecule has 164 valence electrons. The second-order valence-corrected chi connectivity index (χ2v) is 8.71. The molecule has 2 heterocycles. The highest BCUT2D eigenvalue weighted by atomic mass is 32.2. The first-order valence-corrected chi connectivity index (χ1v) is 10.9. The predicted octanol–water partition coefficient (Wildman–Crippen LogP) is 4.64. The zero-order valence-corrected chi connectivity index (χ0v) is 17.3. The molecular weight excluding hydrogens is 441 g/mol. The molecule has 0 aliphatic heterocycles. The highest BCUT2D eigenvalue weighted by molar-refractivity contribution is 7.89. The van der Waals surface area contributed by atoms with Gasteiger partial charge in [0.25, 0.3) is 0 Å². The van der Waals surface area contributed by atoms with Crippen LogP contribution in [0.5, 0.6) is 0 Å². The van der Waals surface area contributed by atoms with E-state index in [4.69, 9.17) is 0 Å². The number of rotatable bonds is 6. The van der Waals surface area contributed by atoms with Crippen molar-refractivity contribution in [2.24, 2.45) is 0 Å². The molecule has 2 N–H and O–H groups in total. The molecule has 6 nitrogen and oxygen atoms in total. The van der Waals surface area contributed by atoms with Gasteiger partial charge in [-0.15, -0.1) is 0 Å². The molecule has 0 bridgehead atoms. The molecule has 10 heteroatoms. The van der Waals surface area contributed by atoms with Crippen LogP contribution < -0.4 is 4.72 Å². The van der Waals surface area contributed by atoms with Crippen molar-refractivity contribution < 1.29 is 21.6 Å². The number of halogens is 3. The summed E-state index contributed by atoms with van der Waals surface area (Å²) in [5.74, 6) is 0. The SMILES string of the molecule is O=S(=O)(NCc1cccc(-c2[nH]ncc2-c2ccncc2)c1)c1cccc(C(F)(F)F)c1. The fourth-order valence-electron chi connectivity index (χ4n) is 3.19. The van der Waals surface area contributed by atoms with Crippen LogP contribution in [0, 0.1) is 0 Å². The van der Waals surface area contributed by atoms with Gasteiger partial charge in [-0.1, -0.05) is 24.3 Å². The number of sulfonamides is 1. The number of benzene rings is 2. The maximum Gasteiger partial charge on any atom is 0.416 e. The van der Waals surface area contributed by atoms with E-state index in [1.54, 1.807) is 36.8 Å². The number of nitrogens with one attached hydrogen (secondary N) is 2. The highest BCUT2D eigenvalue weighted by Gasteiger charge is 2.31. The quantitative estimate of drug-likeness (QED) is 0.441. The largest absolute Gasteiger partial charge is 0.416 e. The Labute approximate surface area is 182 Å². The lowest BCUT2D eigenvalue weighted by Gasteiger charge is -2.11. The van der Waals surface area contributed by atoms with Gasteiger partial charge in [0, 0.05) is 30.1 Å². The molecular formula is C22H17F3N4O2S. The number of hydrogen-bond donors (Lipinski definition) is 2. The Balaban J connectivity index is 1.56. The summed E-state index contributed by atoms with van der Waals surface area (Å²) in [5.41, 5.74) is 2.91. The van der Waals surface area contributed by atoms with Crippen molar-refractivity contribution in [3.05, 3.63) is 90.4 Å². The van der Waals surface area contributed by atoms with E-state index >= 15 is 0 Å². The monoisotopic (exact) mass is 458 g/mol. The van der Waals surface area contributed by atoms with Crippen LogP contribution in [0.25, 0.3) is 22.4 Å².